The Hall–Kier alpha value is -0.320. The highest BCUT2D eigenvalue weighted by molar-refractivity contribution is 5.85. The molecular formula is C13H26ClN3O. The fraction of sp³-hybridized carbons (Fsp3) is 0.923. The number of nitrogens with zero attached hydrogens (tertiary/aromatic N) is 2. The summed E-state index contributed by atoms with van der Waals surface area (Å²) in [6, 6.07) is 0. The van der Waals surface area contributed by atoms with E-state index in [-0.39, 0.29) is 12.4 Å². The third-order valence-corrected chi connectivity index (χ3v) is 3.97. The fourth-order valence-corrected chi connectivity index (χ4v) is 2.57. The summed E-state index contributed by atoms with van der Waals surface area (Å²) in [5.74, 6) is 1.22. The summed E-state index contributed by atoms with van der Waals surface area (Å²) < 4.78 is 0. The number of nitrogens with one attached hydrogen (secondary N) is 1. The second-order valence-electron chi connectivity index (χ2n) is 5.44. The Morgan fingerprint density at radius 1 is 1.33 bits per heavy atom. The molecule has 1 aliphatic heterocycles. The van der Waals surface area contributed by atoms with E-state index in [1.165, 1.54) is 25.8 Å². The van der Waals surface area contributed by atoms with Gasteiger partial charge in [0.15, 0.2) is 0 Å². The van der Waals surface area contributed by atoms with Gasteiger partial charge in [-0.05, 0) is 25.8 Å². The molecule has 0 aromatic carbocycles. The molecule has 0 radical (unpaired) electrons. The van der Waals surface area contributed by atoms with Gasteiger partial charge >= 0.3 is 0 Å². The number of rotatable bonds is 5. The van der Waals surface area contributed by atoms with Crippen LogP contribution in [0.25, 0.3) is 0 Å². The minimum atomic E-state index is 0. The summed E-state index contributed by atoms with van der Waals surface area (Å²) in [6.45, 7) is 5.75. The molecule has 1 N–H and O–H groups in total. The molecule has 2 aliphatic rings. The molecule has 0 unspecified atom stereocenters. The lowest BCUT2D eigenvalue weighted by atomic mass is 9.85. The van der Waals surface area contributed by atoms with E-state index >= 15 is 0 Å². The molecule has 0 aromatic heterocycles. The van der Waals surface area contributed by atoms with Crippen LogP contribution in [0, 0.1) is 5.92 Å². The summed E-state index contributed by atoms with van der Waals surface area (Å²) in [5, 5.41) is 3.27. The van der Waals surface area contributed by atoms with Gasteiger partial charge in [0, 0.05) is 45.7 Å². The van der Waals surface area contributed by atoms with Crippen LogP contribution >= 0.6 is 12.4 Å². The van der Waals surface area contributed by atoms with Crippen molar-refractivity contribution in [3.8, 4) is 0 Å². The average Bonchev–Trinajstić information content (AvgIpc) is 2.32. The summed E-state index contributed by atoms with van der Waals surface area (Å²) in [7, 11) is 2.14. The van der Waals surface area contributed by atoms with Crippen LogP contribution in [0.3, 0.4) is 0 Å². The van der Waals surface area contributed by atoms with Crippen LogP contribution in [0.2, 0.25) is 0 Å². The largest absolute Gasteiger partial charge is 0.340 e. The van der Waals surface area contributed by atoms with Crippen molar-refractivity contribution in [1.82, 2.24) is 15.1 Å². The standard InChI is InChI=1S/C13H25N3O.ClH/c1-15(11-12-3-2-4-12)8-5-13(17)16-9-6-14-7-10-16;/h12,14H,2-11H2,1H3;1H. The topological polar surface area (TPSA) is 35.6 Å². The Morgan fingerprint density at radius 3 is 2.56 bits per heavy atom. The zero-order valence-corrected chi connectivity index (χ0v) is 12.2. The molecule has 18 heavy (non-hydrogen) atoms. The number of amides is 1. The highest BCUT2D eigenvalue weighted by Crippen LogP contribution is 2.26. The minimum absolute atomic E-state index is 0. The molecule has 2 rings (SSSR count). The van der Waals surface area contributed by atoms with Crippen molar-refractivity contribution in [1.29, 1.82) is 0 Å². The molecule has 0 spiro atoms. The third-order valence-electron chi connectivity index (χ3n) is 3.97. The molecule has 5 heteroatoms. The predicted octanol–water partition coefficient (Wildman–Crippen LogP) is 0.962. The predicted molar refractivity (Wildman–Crippen MR) is 76.2 cm³/mol. The Morgan fingerprint density at radius 2 is 2.00 bits per heavy atom. The third kappa shape index (κ3) is 4.75. The van der Waals surface area contributed by atoms with Crippen molar-refractivity contribution in [3.05, 3.63) is 0 Å². The van der Waals surface area contributed by atoms with Crippen LogP contribution in [0.5, 0.6) is 0 Å². The Balaban J connectivity index is 0.00000162. The summed E-state index contributed by atoms with van der Waals surface area (Å²) in [5.41, 5.74) is 0. The zero-order chi connectivity index (χ0) is 12.1. The van der Waals surface area contributed by atoms with Crippen molar-refractivity contribution in [2.75, 3.05) is 46.3 Å². The van der Waals surface area contributed by atoms with E-state index < -0.39 is 0 Å². The minimum Gasteiger partial charge on any atom is -0.340 e. The number of piperazine rings is 1. The van der Waals surface area contributed by atoms with Gasteiger partial charge in [-0.25, -0.2) is 0 Å². The number of hydrogen-bond acceptors (Lipinski definition) is 3. The lowest BCUT2D eigenvalue weighted by Crippen LogP contribution is -2.47. The highest BCUT2D eigenvalue weighted by Gasteiger charge is 2.20. The quantitative estimate of drug-likeness (QED) is 0.812. The first-order valence-electron chi connectivity index (χ1n) is 6.93. The maximum atomic E-state index is 11.9. The number of hydrogen-bond donors (Lipinski definition) is 1. The molecule has 106 valence electrons. The molecular weight excluding hydrogens is 250 g/mol. The van der Waals surface area contributed by atoms with Gasteiger partial charge in [0.05, 0.1) is 0 Å². The summed E-state index contributed by atoms with van der Waals surface area (Å²) in [4.78, 5) is 16.3. The molecule has 1 heterocycles. The van der Waals surface area contributed by atoms with Crippen molar-refractivity contribution in [2.45, 2.75) is 25.7 Å². The van der Waals surface area contributed by atoms with E-state index in [0.29, 0.717) is 12.3 Å². The molecule has 0 bridgehead atoms. The van der Waals surface area contributed by atoms with Gasteiger partial charge in [0.1, 0.15) is 0 Å². The average molecular weight is 276 g/mol. The normalized spacial score (nSPS) is 20.4. The van der Waals surface area contributed by atoms with Crippen LogP contribution in [0.15, 0.2) is 0 Å². The Kier molecular flexibility index (Phi) is 6.97. The second-order valence-corrected chi connectivity index (χ2v) is 5.44. The van der Waals surface area contributed by atoms with E-state index in [1.807, 2.05) is 4.90 Å². The molecule has 1 saturated heterocycles. The maximum Gasteiger partial charge on any atom is 0.223 e. The van der Waals surface area contributed by atoms with Gasteiger partial charge in [-0.3, -0.25) is 4.79 Å². The first kappa shape index (κ1) is 15.7. The van der Waals surface area contributed by atoms with Crippen molar-refractivity contribution < 1.29 is 4.79 Å². The van der Waals surface area contributed by atoms with Gasteiger partial charge in [0.25, 0.3) is 0 Å². The van der Waals surface area contributed by atoms with E-state index in [2.05, 4.69) is 17.3 Å². The second kappa shape index (κ2) is 7.97. The van der Waals surface area contributed by atoms with Gasteiger partial charge < -0.3 is 15.1 Å². The van der Waals surface area contributed by atoms with E-state index in [1.54, 1.807) is 0 Å². The van der Waals surface area contributed by atoms with E-state index in [4.69, 9.17) is 0 Å². The van der Waals surface area contributed by atoms with Gasteiger partial charge in [-0.15, -0.1) is 12.4 Å². The highest BCUT2D eigenvalue weighted by atomic mass is 35.5. The van der Waals surface area contributed by atoms with Crippen molar-refractivity contribution in [2.24, 2.45) is 5.92 Å². The smallest absolute Gasteiger partial charge is 0.223 e. The molecule has 1 aliphatic carbocycles. The van der Waals surface area contributed by atoms with Gasteiger partial charge in [-0.1, -0.05) is 6.42 Å². The lowest BCUT2D eigenvalue weighted by molar-refractivity contribution is -0.132. The molecule has 1 saturated carbocycles. The summed E-state index contributed by atoms with van der Waals surface area (Å²) in [6.07, 6.45) is 4.85. The van der Waals surface area contributed by atoms with Crippen molar-refractivity contribution >= 4 is 18.3 Å². The van der Waals surface area contributed by atoms with Crippen LogP contribution in [0.4, 0.5) is 0 Å². The van der Waals surface area contributed by atoms with Crippen LogP contribution in [-0.2, 0) is 4.79 Å². The molecule has 1 amide bonds. The first-order valence-corrected chi connectivity index (χ1v) is 6.93. The van der Waals surface area contributed by atoms with Crippen LogP contribution < -0.4 is 5.32 Å². The lowest BCUT2D eigenvalue weighted by Gasteiger charge is -2.31. The summed E-state index contributed by atoms with van der Waals surface area (Å²) >= 11 is 0. The van der Waals surface area contributed by atoms with Crippen molar-refractivity contribution in [3.63, 3.8) is 0 Å². The van der Waals surface area contributed by atoms with Crippen LogP contribution in [0.1, 0.15) is 25.7 Å². The Bertz CT molecular complexity index is 253. The van der Waals surface area contributed by atoms with Gasteiger partial charge in [-0.2, -0.15) is 0 Å². The molecule has 2 fully saturated rings. The maximum absolute atomic E-state index is 11.9. The Labute approximate surface area is 116 Å². The first-order chi connectivity index (χ1) is 8.25. The molecule has 4 nitrogen and oxygen atoms in total. The monoisotopic (exact) mass is 275 g/mol. The zero-order valence-electron chi connectivity index (χ0n) is 11.4. The molecule has 0 aromatic rings. The van der Waals surface area contributed by atoms with E-state index in [0.717, 1.165) is 38.6 Å². The number of halogens is 1. The van der Waals surface area contributed by atoms with E-state index in [9.17, 15) is 4.79 Å². The molecule has 0 atom stereocenters. The van der Waals surface area contributed by atoms with Crippen LogP contribution in [-0.4, -0.2) is 62.0 Å². The van der Waals surface area contributed by atoms with Gasteiger partial charge in [0.2, 0.25) is 5.91 Å². The number of carbonyl (C=O) groups excluding carboxylic acids is 1. The fourth-order valence-electron chi connectivity index (χ4n) is 2.57. The SMILES string of the molecule is CN(CCC(=O)N1CCNCC1)CC1CCC1.Cl. The number of carbonyl (C=O) groups is 1.